The van der Waals surface area contributed by atoms with Gasteiger partial charge in [-0.25, -0.2) is 4.79 Å². The van der Waals surface area contributed by atoms with E-state index in [1.807, 2.05) is 0 Å². The van der Waals surface area contributed by atoms with Crippen molar-refractivity contribution in [2.75, 3.05) is 7.11 Å². The van der Waals surface area contributed by atoms with Crippen LogP contribution in [-0.4, -0.2) is 24.6 Å². The highest BCUT2D eigenvalue weighted by molar-refractivity contribution is 9.08. The van der Waals surface area contributed by atoms with Crippen molar-refractivity contribution >= 4 is 27.6 Å². The average Bonchev–Trinajstić information content (AvgIpc) is 2.35. The largest absolute Gasteiger partial charge is 0.465 e. The molecule has 0 aliphatic heterocycles. The molecule has 0 amide bonds. The van der Waals surface area contributed by atoms with Crippen LogP contribution in [0, 0.1) is 10.1 Å². The zero-order valence-electron chi connectivity index (χ0n) is 9.56. The number of carbonyl (C=O) groups excluding carboxylic acids is 1. The molecule has 9 heteroatoms. The number of nitro benzene ring substituents is 1. The van der Waals surface area contributed by atoms with Gasteiger partial charge < -0.3 is 9.47 Å². The predicted molar refractivity (Wildman–Crippen MR) is 63.7 cm³/mol. The van der Waals surface area contributed by atoms with Crippen molar-refractivity contribution < 1.29 is 28.0 Å². The van der Waals surface area contributed by atoms with Gasteiger partial charge in [-0.05, 0) is 6.07 Å². The summed E-state index contributed by atoms with van der Waals surface area (Å²) in [6.45, 7) is -3.10. The first kappa shape index (κ1) is 15.3. The maximum atomic E-state index is 12.1. The number of nitro groups is 1. The lowest BCUT2D eigenvalue weighted by Crippen LogP contribution is -2.10. The number of carbonyl (C=O) groups is 1. The number of methoxy groups -OCH3 is 1. The van der Waals surface area contributed by atoms with E-state index in [2.05, 4.69) is 25.4 Å². The second kappa shape index (κ2) is 6.41. The molecule has 0 saturated heterocycles. The van der Waals surface area contributed by atoms with Gasteiger partial charge in [-0.1, -0.05) is 15.9 Å². The Labute approximate surface area is 114 Å². The van der Waals surface area contributed by atoms with Crippen LogP contribution in [0.4, 0.5) is 14.5 Å². The first-order valence-corrected chi connectivity index (χ1v) is 5.93. The molecular formula is C10H8BrF2NO5. The number of esters is 1. The van der Waals surface area contributed by atoms with Gasteiger partial charge in [0.1, 0.15) is 11.3 Å². The van der Waals surface area contributed by atoms with E-state index >= 15 is 0 Å². The van der Waals surface area contributed by atoms with Gasteiger partial charge >= 0.3 is 12.6 Å². The van der Waals surface area contributed by atoms with E-state index in [1.165, 1.54) is 0 Å². The molecule has 0 fully saturated rings. The van der Waals surface area contributed by atoms with Crippen LogP contribution in [0.5, 0.6) is 5.75 Å². The fraction of sp³-hybridized carbons (Fsp3) is 0.300. The Morgan fingerprint density at radius 2 is 2.16 bits per heavy atom. The lowest BCUT2D eigenvalue weighted by Gasteiger charge is -2.09. The van der Waals surface area contributed by atoms with Gasteiger partial charge in [0.15, 0.2) is 0 Å². The molecule has 104 valence electrons. The molecule has 6 nitrogen and oxygen atoms in total. The summed E-state index contributed by atoms with van der Waals surface area (Å²) in [6, 6.07) is 1.91. The van der Waals surface area contributed by atoms with E-state index in [-0.39, 0.29) is 16.6 Å². The summed E-state index contributed by atoms with van der Waals surface area (Å²) in [7, 11) is 1.03. The van der Waals surface area contributed by atoms with Gasteiger partial charge in [-0.2, -0.15) is 8.78 Å². The van der Waals surface area contributed by atoms with Crippen LogP contribution in [0.3, 0.4) is 0 Å². The van der Waals surface area contributed by atoms with Crippen molar-refractivity contribution in [3.63, 3.8) is 0 Å². The van der Waals surface area contributed by atoms with Gasteiger partial charge in [0, 0.05) is 17.0 Å². The van der Waals surface area contributed by atoms with Crippen molar-refractivity contribution in [2.45, 2.75) is 11.9 Å². The van der Waals surface area contributed by atoms with Gasteiger partial charge in [0.25, 0.3) is 5.69 Å². The smallest absolute Gasteiger partial charge is 0.387 e. The van der Waals surface area contributed by atoms with Crippen LogP contribution >= 0.6 is 15.9 Å². The summed E-state index contributed by atoms with van der Waals surface area (Å²) in [5.74, 6) is -1.36. The number of nitrogens with zero attached hydrogens (tertiary/aromatic N) is 1. The number of ether oxygens (including phenoxy) is 2. The molecule has 0 aromatic heterocycles. The standard InChI is InChI=1S/C10H8BrF2NO5/c1-18-9(15)7-3-6(19-10(12)13)2-5(4-11)8(7)14(16)17/h2-3,10H,4H2,1H3. The van der Waals surface area contributed by atoms with E-state index in [1.54, 1.807) is 0 Å². The SMILES string of the molecule is COC(=O)c1cc(OC(F)F)cc(CBr)c1[N+](=O)[O-]. The van der Waals surface area contributed by atoms with Crippen molar-refractivity contribution in [2.24, 2.45) is 0 Å². The van der Waals surface area contributed by atoms with Crippen LogP contribution in [0.2, 0.25) is 0 Å². The highest BCUT2D eigenvalue weighted by Gasteiger charge is 2.27. The molecular weight excluding hydrogens is 332 g/mol. The normalized spacial score (nSPS) is 10.4. The number of alkyl halides is 3. The third-order valence-electron chi connectivity index (χ3n) is 2.12. The third kappa shape index (κ3) is 3.60. The fourth-order valence-corrected chi connectivity index (χ4v) is 1.85. The monoisotopic (exact) mass is 339 g/mol. The minimum Gasteiger partial charge on any atom is -0.465 e. The molecule has 1 aromatic carbocycles. The molecule has 0 heterocycles. The quantitative estimate of drug-likeness (QED) is 0.356. The van der Waals surface area contributed by atoms with Crippen molar-refractivity contribution in [1.82, 2.24) is 0 Å². The summed E-state index contributed by atoms with van der Waals surface area (Å²) in [4.78, 5) is 21.6. The molecule has 0 aliphatic rings. The van der Waals surface area contributed by atoms with Crippen LogP contribution in [0.15, 0.2) is 12.1 Å². The first-order chi connectivity index (χ1) is 8.90. The summed E-state index contributed by atoms with van der Waals surface area (Å²) in [5, 5.41) is 10.9. The maximum absolute atomic E-state index is 12.1. The van der Waals surface area contributed by atoms with Crippen LogP contribution < -0.4 is 4.74 Å². The Kier molecular flexibility index (Phi) is 5.16. The van der Waals surface area contributed by atoms with Crippen molar-refractivity contribution in [3.05, 3.63) is 33.4 Å². The zero-order valence-corrected chi connectivity index (χ0v) is 11.1. The maximum Gasteiger partial charge on any atom is 0.387 e. The lowest BCUT2D eigenvalue weighted by atomic mass is 10.1. The van der Waals surface area contributed by atoms with Crippen LogP contribution in [0.1, 0.15) is 15.9 Å². The van der Waals surface area contributed by atoms with Crippen molar-refractivity contribution in [3.8, 4) is 5.75 Å². The highest BCUT2D eigenvalue weighted by Crippen LogP contribution is 2.32. The molecule has 0 N–H and O–H groups in total. The molecule has 0 aliphatic carbocycles. The Hall–Kier alpha value is -1.77. The molecule has 0 spiro atoms. The number of benzene rings is 1. The van der Waals surface area contributed by atoms with E-state index in [0.717, 1.165) is 19.2 Å². The summed E-state index contributed by atoms with van der Waals surface area (Å²) in [5.41, 5.74) is -0.922. The van der Waals surface area contributed by atoms with Crippen LogP contribution in [0.25, 0.3) is 0 Å². The number of halogens is 3. The van der Waals surface area contributed by atoms with Gasteiger partial charge in [0.2, 0.25) is 0 Å². The Bertz CT molecular complexity index is 509. The van der Waals surface area contributed by atoms with E-state index in [9.17, 15) is 23.7 Å². The second-order valence-corrected chi connectivity index (χ2v) is 3.80. The molecule has 0 radical (unpaired) electrons. The number of rotatable bonds is 5. The molecule has 0 atom stereocenters. The lowest BCUT2D eigenvalue weighted by molar-refractivity contribution is -0.385. The number of hydrogen-bond donors (Lipinski definition) is 0. The molecule has 1 rings (SSSR count). The Morgan fingerprint density at radius 3 is 2.58 bits per heavy atom. The predicted octanol–water partition coefficient (Wildman–Crippen LogP) is 2.88. The first-order valence-electron chi connectivity index (χ1n) is 4.81. The van der Waals surface area contributed by atoms with E-state index < -0.39 is 28.8 Å². The fourth-order valence-electron chi connectivity index (χ4n) is 1.42. The molecule has 19 heavy (non-hydrogen) atoms. The summed E-state index contributed by atoms with van der Waals surface area (Å²) in [6.07, 6.45) is 0. The third-order valence-corrected chi connectivity index (χ3v) is 2.72. The minimum atomic E-state index is -3.10. The zero-order chi connectivity index (χ0) is 14.6. The molecule has 0 bridgehead atoms. The minimum absolute atomic E-state index is 0.00620. The molecule has 1 aromatic rings. The molecule has 0 unspecified atom stereocenters. The van der Waals surface area contributed by atoms with Crippen molar-refractivity contribution in [1.29, 1.82) is 0 Å². The van der Waals surface area contributed by atoms with Gasteiger partial charge in [0.05, 0.1) is 12.0 Å². The van der Waals surface area contributed by atoms with E-state index in [4.69, 9.17) is 0 Å². The molecule has 0 saturated carbocycles. The second-order valence-electron chi connectivity index (χ2n) is 3.24. The number of hydrogen-bond acceptors (Lipinski definition) is 5. The van der Waals surface area contributed by atoms with Crippen LogP contribution in [-0.2, 0) is 10.1 Å². The topological polar surface area (TPSA) is 78.7 Å². The van der Waals surface area contributed by atoms with Gasteiger partial charge in [-0.3, -0.25) is 10.1 Å². The average molecular weight is 340 g/mol. The summed E-state index contributed by atoms with van der Waals surface area (Å²) >= 11 is 2.98. The Balaban J connectivity index is 3.45. The Morgan fingerprint density at radius 1 is 1.53 bits per heavy atom. The van der Waals surface area contributed by atoms with E-state index in [0.29, 0.717) is 0 Å². The highest BCUT2D eigenvalue weighted by atomic mass is 79.9. The van der Waals surface area contributed by atoms with Gasteiger partial charge in [-0.15, -0.1) is 0 Å². The summed E-state index contributed by atoms with van der Waals surface area (Å²) < 4.78 is 32.8.